The minimum Gasteiger partial charge on any atom is -0.232 e. The van der Waals surface area contributed by atoms with Crippen LogP contribution >= 0.6 is 0 Å². The Bertz CT molecular complexity index is 822. The number of benzene rings is 2. The average molecular weight is 344 g/mol. The van der Waals surface area contributed by atoms with Crippen LogP contribution in [0.4, 0.5) is 0 Å². The highest BCUT2D eigenvalue weighted by atomic mass is 17.2. The van der Waals surface area contributed by atoms with E-state index >= 15 is 0 Å². The molecule has 0 N–H and O–H groups in total. The van der Waals surface area contributed by atoms with Crippen molar-refractivity contribution in [3.05, 3.63) is 83.9 Å². The highest BCUT2D eigenvalue weighted by molar-refractivity contribution is 5.68. The maximum atomic E-state index is 5.84. The van der Waals surface area contributed by atoms with Gasteiger partial charge in [-0.25, -0.2) is 9.78 Å². The Labute approximate surface area is 155 Å². The molecule has 2 aromatic carbocycles. The normalized spacial score (nSPS) is 30.6. The van der Waals surface area contributed by atoms with Crippen LogP contribution in [-0.4, -0.2) is 12.2 Å². The van der Waals surface area contributed by atoms with Crippen molar-refractivity contribution in [2.24, 2.45) is 11.8 Å². The van der Waals surface area contributed by atoms with E-state index in [0.29, 0.717) is 11.8 Å². The van der Waals surface area contributed by atoms with Crippen LogP contribution in [0, 0.1) is 11.8 Å². The van der Waals surface area contributed by atoms with Gasteiger partial charge in [-0.3, -0.25) is 0 Å². The Morgan fingerprint density at radius 1 is 0.654 bits per heavy atom. The van der Waals surface area contributed by atoms with Crippen LogP contribution < -0.4 is 0 Å². The van der Waals surface area contributed by atoms with Crippen LogP contribution in [0.3, 0.4) is 0 Å². The van der Waals surface area contributed by atoms with Crippen molar-refractivity contribution in [3.63, 3.8) is 0 Å². The average Bonchev–Trinajstić information content (AvgIpc) is 2.74. The maximum absolute atomic E-state index is 5.84. The molecular weight excluding hydrogens is 320 g/mol. The van der Waals surface area contributed by atoms with E-state index in [9.17, 15) is 0 Å². The standard InChI is InChI=1S/C24H24O2/c1-3-7-17(8-4-1)19-12-14-23-22(15-19)21-13-11-20(16-24(21)26-25-23)18-9-5-2-6-10-18/h1-10,15-16,21-24H,11-14H2/t21-,22+,23+,24+/m1/s1. The van der Waals surface area contributed by atoms with Gasteiger partial charge < -0.3 is 0 Å². The molecule has 0 aromatic heterocycles. The van der Waals surface area contributed by atoms with Crippen molar-refractivity contribution in [2.45, 2.75) is 37.9 Å². The molecule has 0 radical (unpaired) electrons. The first-order valence-electron chi connectivity index (χ1n) is 9.73. The van der Waals surface area contributed by atoms with Crippen LogP contribution in [-0.2, 0) is 9.78 Å². The lowest BCUT2D eigenvalue weighted by molar-refractivity contribution is -0.388. The topological polar surface area (TPSA) is 18.5 Å². The van der Waals surface area contributed by atoms with Gasteiger partial charge >= 0.3 is 0 Å². The quantitative estimate of drug-likeness (QED) is 0.653. The SMILES string of the molecule is C1=C(c2ccccc2)CC[C@@H]2[C@@H]3C=C(c4ccccc4)CC[C@@H]3OO[C@@H]12. The van der Waals surface area contributed by atoms with Gasteiger partial charge in [-0.05, 0) is 54.0 Å². The van der Waals surface area contributed by atoms with Gasteiger partial charge in [-0.15, -0.1) is 0 Å². The van der Waals surface area contributed by atoms with Crippen LogP contribution in [0.25, 0.3) is 11.1 Å². The van der Waals surface area contributed by atoms with Gasteiger partial charge in [-0.2, -0.15) is 0 Å². The number of allylic oxidation sites excluding steroid dienone is 2. The van der Waals surface area contributed by atoms with E-state index in [1.165, 1.54) is 22.3 Å². The predicted molar refractivity (Wildman–Crippen MR) is 104 cm³/mol. The lowest BCUT2D eigenvalue weighted by atomic mass is 9.71. The maximum Gasteiger partial charge on any atom is 0.115 e. The van der Waals surface area contributed by atoms with Gasteiger partial charge in [0.25, 0.3) is 0 Å². The van der Waals surface area contributed by atoms with Gasteiger partial charge in [0.15, 0.2) is 0 Å². The highest BCUT2D eigenvalue weighted by Gasteiger charge is 2.43. The Kier molecular flexibility index (Phi) is 4.24. The smallest absolute Gasteiger partial charge is 0.115 e. The fourth-order valence-electron chi connectivity index (χ4n) is 4.75. The molecule has 2 aliphatic carbocycles. The first-order chi connectivity index (χ1) is 12.9. The van der Waals surface area contributed by atoms with Gasteiger partial charge in [0.1, 0.15) is 6.10 Å². The summed E-state index contributed by atoms with van der Waals surface area (Å²) >= 11 is 0. The zero-order valence-electron chi connectivity index (χ0n) is 14.9. The first-order valence-corrected chi connectivity index (χ1v) is 9.73. The highest BCUT2D eigenvalue weighted by Crippen LogP contribution is 2.45. The van der Waals surface area contributed by atoms with Gasteiger partial charge in [0.2, 0.25) is 0 Å². The number of hydrogen-bond acceptors (Lipinski definition) is 2. The van der Waals surface area contributed by atoms with Gasteiger partial charge in [0.05, 0.1) is 6.10 Å². The third-order valence-electron chi connectivity index (χ3n) is 6.13. The van der Waals surface area contributed by atoms with Crippen LogP contribution in [0.15, 0.2) is 72.8 Å². The zero-order valence-corrected chi connectivity index (χ0v) is 14.9. The minimum absolute atomic E-state index is 0.0616. The summed E-state index contributed by atoms with van der Waals surface area (Å²) in [5, 5.41) is 0. The van der Waals surface area contributed by atoms with Crippen LogP contribution in [0.5, 0.6) is 0 Å². The molecule has 0 unspecified atom stereocenters. The molecule has 1 fully saturated rings. The molecule has 1 heterocycles. The molecule has 2 heteroatoms. The van der Waals surface area contributed by atoms with Crippen molar-refractivity contribution < 1.29 is 9.78 Å². The van der Waals surface area contributed by atoms with E-state index in [4.69, 9.17) is 9.78 Å². The molecule has 26 heavy (non-hydrogen) atoms. The summed E-state index contributed by atoms with van der Waals surface area (Å²) in [7, 11) is 0. The molecule has 0 amide bonds. The summed E-state index contributed by atoms with van der Waals surface area (Å²) in [4.78, 5) is 11.7. The third kappa shape index (κ3) is 2.94. The monoisotopic (exact) mass is 344 g/mol. The molecule has 0 spiro atoms. The third-order valence-corrected chi connectivity index (χ3v) is 6.13. The second kappa shape index (κ2) is 6.86. The van der Waals surface area contributed by atoms with Gasteiger partial charge in [-0.1, -0.05) is 66.7 Å². The fourth-order valence-corrected chi connectivity index (χ4v) is 4.75. The van der Waals surface area contributed by atoms with Crippen LogP contribution in [0.1, 0.15) is 36.8 Å². The Morgan fingerprint density at radius 3 is 1.96 bits per heavy atom. The lowest BCUT2D eigenvalue weighted by Crippen LogP contribution is -2.45. The predicted octanol–water partition coefficient (Wildman–Crippen LogP) is 5.67. The minimum atomic E-state index is 0.0616. The Morgan fingerprint density at radius 2 is 1.27 bits per heavy atom. The summed E-state index contributed by atoms with van der Waals surface area (Å²) in [6, 6.07) is 21.4. The van der Waals surface area contributed by atoms with Crippen molar-refractivity contribution >= 4 is 11.1 Å². The number of fused-ring (bicyclic) bond motifs is 3. The summed E-state index contributed by atoms with van der Waals surface area (Å²) < 4.78 is 0. The molecule has 1 saturated heterocycles. The van der Waals surface area contributed by atoms with Gasteiger partial charge in [0, 0.05) is 11.8 Å². The van der Waals surface area contributed by atoms with Crippen molar-refractivity contribution in [1.82, 2.24) is 0 Å². The Balaban J connectivity index is 1.43. The Hall–Kier alpha value is -2.16. The van der Waals surface area contributed by atoms with Crippen molar-refractivity contribution in [1.29, 1.82) is 0 Å². The molecule has 2 aromatic rings. The van der Waals surface area contributed by atoms with Crippen LogP contribution in [0.2, 0.25) is 0 Å². The van der Waals surface area contributed by atoms with E-state index in [-0.39, 0.29) is 12.2 Å². The molecule has 0 saturated carbocycles. The molecule has 3 aliphatic rings. The molecular formula is C24H24O2. The molecule has 1 aliphatic heterocycles. The summed E-state index contributed by atoms with van der Waals surface area (Å²) in [5.41, 5.74) is 5.51. The molecule has 5 rings (SSSR count). The molecule has 2 nitrogen and oxygen atoms in total. The zero-order chi connectivity index (χ0) is 17.3. The van der Waals surface area contributed by atoms with Crippen molar-refractivity contribution in [3.8, 4) is 0 Å². The largest absolute Gasteiger partial charge is 0.232 e. The number of rotatable bonds is 2. The lowest BCUT2D eigenvalue weighted by Gasteiger charge is -2.44. The number of hydrogen-bond donors (Lipinski definition) is 0. The summed E-state index contributed by atoms with van der Waals surface area (Å²) in [5.74, 6) is 0.964. The summed E-state index contributed by atoms with van der Waals surface area (Å²) in [6.45, 7) is 0. The second-order valence-electron chi connectivity index (χ2n) is 7.63. The second-order valence-corrected chi connectivity index (χ2v) is 7.63. The molecule has 0 bridgehead atoms. The van der Waals surface area contributed by atoms with E-state index in [0.717, 1.165) is 25.7 Å². The molecule has 4 atom stereocenters. The first kappa shape index (κ1) is 16.0. The van der Waals surface area contributed by atoms with E-state index in [1.54, 1.807) is 0 Å². The fraction of sp³-hybridized carbons (Fsp3) is 0.333. The van der Waals surface area contributed by atoms with Crippen molar-refractivity contribution in [2.75, 3.05) is 0 Å². The molecule has 132 valence electrons. The van der Waals surface area contributed by atoms with E-state index < -0.39 is 0 Å². The van der Waals surface area contributed by atoms with E-state index in [2.05, 4.69) is 72.8 Å². The van der Waals surface area contributed by atoms with E-state index in [1.807, 2.05) is 0 Å². The summed E-state index contributed by atoms with van der Waals surface area (Å²) in [6.07, 6.45) is 9.43.